The van der Waals surface area contributed by atoms with Gasteiger partial charge in [0.15, 0.2) is 27.8 Å². The molecule has 0 bridgehead atoms. The van der Waals surface area contributed by atoms with Crippen molar-refractivity contribution in [2.24, 2.45) is 0 Å². The molecule has 0 radical (unpaired) electrons. The quantitative estimate of drug-likeness (QED) is 0.0245. The van der Waals surface area contributed by atoms with Gasteiger partial charge in [-0.25, -0.2) is 123 Å². The van der Waals surface area contributed by atoms with Crippen LogP contribution in [0.4, 0.5) is 55.6 Å². The third kappa shape index (κ3) is 26.0. The van der Waals surface area contributed by atoms with Gasteiger partial charge in [-0.1, -0.05) is 116 Å². The molecule has 1 atom stereocenters. The lowest BCUT2D eigenvalue weighted by Crippen LogP contribution is -2.23. The molecule has 726 valence electrons. The van der Waals surface area contributed by atoms with E-state index < -0.39 is 54.3 Å². The number of rotatable bonds is 22. The normalized spacial score (nSPS) is 12.1. The van der Waals surface area contributed by atoms with Crippen LogP contribution in [0.1, 0.15) is 49.2 Å². The first-order valence-corrected chi connectivity index (χ1v) is 51.1. The van der Waals surface area contributed by atoms with E-state index in [9.17, 15) is 39.0 Å². The minimum absolute atomic E-state index is 0.0649. The largest absolute Gasteiger partial charge is 0.351 e. The first-order chi connectivity index (χ1) is 69.7. The highest BCUT2D eigenvalue weighted by Gasteiger charge is 2.22. The van der Waals surface area contributed by atoms with Gasteiger partial charge in [0.1, 0.15) is 34.5 Å². The Bertz CT molecular complexity index is 8040. The second kappa shape index (κ2) is 46.5. The summed E-state index contributed by atoms with van der Waals surface area (Å²) in [5.41, 5.74) is 17.3. The van der Waals surface area contributed by atoms with Gasteiger partial charge >= 0.3 is 0 Å². The van der Waals surface area contributed by atoms with Crippen LogP contribution < -0.4 is 16.0 Å². The van der Waals surface area contributed by atoms with E-state index in [1.807, 2.05) is 218 Å². The van der Waals surface area contributed by atoms with Crippen molar-refractivity contribution in [3.8, 4) is 102 Å². The van der Waals surface area contributed by atoms with E-state index >= 15 is 0 Å². The standard InChI is InChI=1S/C22H21N5OS.C20H17N5.C19H19F2N5.C15H14N4S.C14H10F2N4O2S.C14H10F2N4S/c1-16-20(15-24-27(16)18-7-5-4-6-8-18)21-13-14-23-22(26-21)25-17-9-11-19(12-10-17)29(2,3)28;1-15-18(14-25(24-15)17-10-6-3-7-11-17)19-12-13-21-20(23-19)22-16-8-4-2-5-9-16;20-14-6-7-18(16(21)10-14)26-12-13(11-23-26)17-8-9-22-19(25-17)24-15-4-2-1-3-5-15;1-11-13(14-8-9-16-15(17-14)20-2)10-19(18-11)12-6-4-3-5-7-12;1-23(21,22)14-17-5-4-12(19-14)9-7-18-20(8-9)13-3-2-10(15)6-11(13)16;1-21-14-17-5-4-12(19-14)9-7-18-20(8-9)13-3-2-10(15)6-11(13)16/h4-15H,2H2,1,3H3,(H,23,25,26);2-14H,1H3,(H,21,22,23);6-12,15H,1-5H2,(H,22,24,25);3-10H,1-2H3;2-8H,1H3;2-8H,1H3. The highest BCUT2D eigenvalue weighted by Crippen LogP contribution is 2.32. The van der Waals surface area contributed by atoms with Crippen molar-refractivity contribution >= 4 is 78.0 Å². The lowest BCUT2D eigenvalue weighted by molar-refractivity contribution is 0.461. The van der Waals surface area contributed by atoms with E-state index in [0.717, 1.165) is 139 Å². The number of nitrogens with one attached hydrogen (secondary N) is 3. The maximum Gasteiger partial charge on any atom is 0.247 e. The average Bonchev–Trinajstić information content (AvgIpc) is 1.76. The molecular formula is C104H91F6N27O3S4. The molecule has 30 nitrogen and oxygen atoms in total. The Kier molecular flexibility index (Phi) is 32.3. The molecule has 8 aromatic carbocycles. The molecule has 1 unspecified atom stereocenters. The topological polar surface area (TPSA) is 349 Å². The average molecular weight is 2010 g/mol. The molecule has 21 rings (SSSR count). The number of sulfone groups is 1. The Balaban J connectivity index is 0.000000124. The van der Waals surface area contributed by atoms with Gasteiger partial charge in [0.25, 0.3) is 0 Å². The number of aryl methyl sites for hydroxylation is 2. The van der Waals surface area contributed by atoms with Gasteiger partial charge in [0.05, 0.1) is 93.1 Å². The first kappa shape index (κ1) is 100. The molecular weight excluding hydrogens is 1920 g/mol. The fourth-order valence-corrected chi connectivity index (χ4v) is 16.7. The van der Waals surface area contributed by atoms with Crippen molar-refractivity contribution in [3.05, 3.63) is 382 Å². The summed E-state index contributed by atoms with van der Waals surface area (Å²) in [7, 11) is -5.77. The van der Waals surface area contributed by atoms with Gasteiger partial charge in [0, 0.05) is 155 Å². The predicted molar refractivity (Wildman–Crippen MR) is 548 cm³/mol. The van der Waals surface area contributed by atoms with Crippen LogP contribution in [0.25, 0.3) is 102 Å². The molecule has 144 heavy (non-hydrogen) atoms. The molecule has 1 fully saturated rings. The fraction of sp³-hybridized carbons (Fsp3) is 0.125. The summed E-state index contributed by atoms with van der Waals surface area (Å²) in [6.45, 7) is 6.00. The van der Waals surface area contributed by atoms with Crippen LogP contribution in [0, 0.1) is 55.7 Å². The van der Waals surface area contributed by atoms with E-state index in [0.29, 0.717) is 56.6 Å². The molecule has 0 aliphatic heterocycles. The van der Waals surface area contributed by atoms with E-state index in [1.165, 1.54) is 112 Å². The molecule has 12 aromatic heterocycles. The minimum Gasteiger partial charge on any atom is -0.351 e. The molecule has 40 heteroatoms. The van der Waals surface area contributed by atoms with Crippen molar-refractivity contribution < 1.29 is 39.0 Å². The highest BCUT2D eigenvalue weighted by atomic mass is 32.2. The van der Waals surface area contributed by atoms with Gasteiger partial charge in [-0.15, -0.1) is 0 Å². The summed E-state index contributed by atoms with van der Waals surface area (Å²) >= 11 is 2.97. The Morgan fingerprint density at radius 1 is 0.368 bits per heavy atom. The summed E-state index contributed by atoms with van der Waals surface area (Å²) in [6, 6.07) is 68.3. The van der Waals surface area contributed by atoms with Crippen LogP contribution in [0.5, 0.6) is 0 Å². The first-order valence-electron chi connectivity index (χ1n) is 44.6. The zero-order valence-corrected chi connectivity index (χ0v) is 81.6. The van der Waals surface area contributed by atoms with E-state index in [2.05, 4.69) is 112 Å². The maximum atomic E-state index is 13.9. The number of anilines is 5. The smallest absolute Gasteiger partial charge is 0.247 e. The minimum atomic E-state index is -3.54. The fourth-order valence-electron chi connectivity index (χ4n) is 14.7. The molecule has 20 aromatic rings. The van der Waals surface area contributed by atoms with Crippen LogP contribution in [0.3, 0.4) is 0 Å². The number of thioether (sulfide) groups is 2. The number of hydrogen-bond acceptors (Lipinski definition) is 26. The molecule has 1 aliphatic carbocycles. The number of benzene rings is 8. The molecule has 1 saturated carbocycles. The van der Waals surface area contributed by atoms with Crippen LogP contribution in [0.2, 0.25) is 0 Å². The Morgan fingerprint density at radius 3 is 1.18 bits per heavy atom. The zero-order chi connectivity index (χ0) is 101. The molecule has 12 heterocycles. The number of hydrogen-bond donors (Lipinski definition) is 3. The molecule has 0 spiro atoms. The van der Waals surface area contributed by atoms with Crippen molar-refractivity contribution in [2.45, 2.75) is 79.3 Å². The summed E-state index contributed by atoms with van der Waals surface area (Å²) in [5.74, 6) is 1.32. The molecule has 1 aliphatic rings. The Labute approximate surface area is 833 Å². The number of halogens is 6. The third-order valence-corrected chi connectivity index (χ3v) is 25.2. The van der Waals surface area contributed by atoms with Crippen LogP contribution >= 0.6 is 23.5 Å². The SMILES string of the molecule is C=S(C)(=O)c1ccc(Nc2nccc(-c3cnn(-c4ccccc4)c3C)n2)cc1.CS(=O)(=O)c1nccc(-c2cnn(-c3ccc(F)cc3F)c2)n1.CSc1nccc(-c2cn(-c3ccccc3)nc2C)n1.CSc1nccc(-c2cnn(-c3ccc(F)cc3F)c2)n1.Cc1nn(-c2ccccc2)cc1-c1ccnc(Nc2ccccc2)n1.Fc1ccc(-n2cc(-c3ccnc(NC4CCCCC4)n3)cn2)c(F)c1. The van der Waals surface area contributed by atoms with Crippen LogP contribution in [0.15, 0.2) is 350 Å². The van der Waals surface area contributed by atoms with Crippen molar-refractivity contribution in [1.29, 1.82) is 0 Å². The lowest BCUT2D eigenvalue weighted by Gasteiger charge is -2.22. The predicted octanol–water partition coefficient (Wildman–Crippen LogP) is 21.5. The lowest BCUT2D eigenvalue weighted by atomic mass is 9.96. The number of aromatic nitrogens is 24. The molecule has 0 saturated heterocycles. The summed E-state index contributed by atoms with van der Waals surface area (Å²) in [6.07, 6.45) is 37.6. The van der Waals surface area contributed by atoms with Gasteiger partial charge in [-0.3, -0.25) is 4.21 Å². The summed E-state index contributed by atoms with van der Waals surface area (Å²) < 4.78 is 125. The monoisotopic (exact) mass is 2010 g/mol. The van der Waals surface area contributed by atoms with Gasteiger partial charge in [0.2, 0.25) is 32.8 Å². The van der Waals surface area contributed by atoms with Gasteiger partial charge < -0.3 is 16.0 Å². The summed E-state index contributed by atoms with van der Waals surface area (Å²) in [4.78, 5) is 52.3. The van der Waals surface area contributed by atoms with E-state index in [1.54, 1.807) is 86.3 Å². The Hall–Kier alpha value is -16.9. The van der Waals surface area contributed by atoms with E-state index in [-0.39, 0.29) is 22.2 Å². The van der Waals surface area contributed by atoms with Crippen molar-refractivity contribution in [1.82, 2.24) is 118 Å². The highest BCUT2D eigenvalue weighted by molar-refractivity contribution is 7.99. The second-order valence-corrected chi connectivity index (χ2v) is 38.2. The maximum absolute atomic E-state index is 13.9. The molecule has 0 amide bonds. The zero-order valence-electron chi connectivity index (χ0n) is 78.4. The van der Waals surface area contributed by atoms with Crippen molar-refractivity contribution in [2.75, 3.05) is 41.0 Å². The second-order valence-electron chi connectivity index (χ2n) is 32.3. The van der Waals surface area contributed by atoms with E-state index in [4.69, 9.17) is 0 Å². The van der Waals surface area contributed by atoms with Crippen LogP contribution in [-0.4, -0.2) is 168 Å². The number of para-hydroxylation sites is 4. The van der Waals surface area contributed by atoms with Gasteiger partial charge in [-0.2, -0.15) is 30.6 Å². The summed E-state index contributed by atoms with van der Waals surface area (Å²) in [5, 5.41) is 36.9. The van der Waals surface area contributed by atoms with Gasteiger partial charge in [-0.05, 0) is 207 Å². The third-order valence-electron chi connectivity index (χ3n) is 21.9. The van der Waals surface area contributed by atoms with Crippen LogP contribution in [-0.2, 0) is 19.4 Å². The van der Waals surface area contributed by atoms with Crippen molar-refractivity contribution in [3.63, 3.8) is 0 Å². The molecule has 3 N–H and O–H groups in total. The Morgan fingerprint density at radius 2 is 0.743 bits per heavy atom. The number of nitrogens with zero attached hydrogens (tertiary/aromatic N) is 24.